The molecule has 0 saturated heterocycles. The summed E-state index contributed by atoms with van der Waals surface area (Å²) in [5.74, 6) is 7.97. The molecule has 0 aromatic carbocycles. The number of aliphatic hydroxyl groups excluding tert-OH is 1. The van der Waals surface area contributed by atoms with Gasteiger partial charge < -0.3 is 15.0 Å². The first-order valence-electron chi connectivity index (χ1n) is 13.5. The Morgan fingerprint density at radius 2 is 1.97 bits per heavy atom. The summed E-state index contributed by atoms with van der Waals surface area (Å²) in [7, 11) is 0. The molecular formula is C31H46O3. The maximum atomic E-state index is 11.2. The van der Waals surface area contributed by atoms with Crippen LogP contribution in [0.2, 0.25) is 0 Å². The average molecular weight is 467 g/mol. The first-order valence-corrected chi connectivity index (χ1v) is 13.5. The summed E-state index contributed by atoms with van der Waals surface area (Å²) in [5.41, 5.74) is 3.11. The highest BCUT2D eigenvalue weighted by atomic mass is 16.3. The molecule has 3 aliphatic rings. The Balaban J connectivity index is 1.62. The monoisotopic (exact) mass is 466 g/mol. The number of carbonyl (C=O) groups is 1. The first kappa shape index (κ1) is 27.0. The largest absolute Gasteiger partial charge is 0.388 e. The van der Waals surface area contributed by atoms with Gasteiger partial charge in [0.15, 0.2) is 0 Å². The quantitative estimate of drug-likeness (QED) is 0.411. The van der Waals surface area contributed by atoms with E-state index < -0.39 is 11.7 Å². The number of hydrogen-bond donors (Lipinski definition) is 2. The van der Waals surface area contributed by atoms with Crippen LogP contribution < -0.4 is 0 Å². The number of carbonyl (C=O) groups excluding carboxylic acids is 1. The van der Waals surface area contributed by atoms with Gasteiger partial charge in [-0.3, -0.25) is 0 Å². The molecule has 5 unspecified atom stereocenters. The van der Waals surface area contributed by atoms with Crippen LogP contribution in [-0.4, -0.2) is 27.7 Å². The van der Waals surface area contributed by atoms with Gasteiger partial charge in [0.25, 0.3) is 0 Å². The van der Waals surface area contributed by atoms with Gasteiger partial charge in [0, 0.05) is 12.8 Å². The number of rotatable bonds is 7. The summed E-state index contributed by atoms with van der Waals surface area (Å²) < 4.78 is 0. The second-order valence-electron chi connectivity index (χ2n) is 11.9. The van der Waals surface area contributed by atoms with Gasteiger partial charge in [-0.2, -0.15) is 0 Å². The molecule has 0 heterocycles. The van der Waals surface area contributed by atoms with Gasteiger partial charge >= 0.3 is 0 Å². The number of hydrogen-bond acceptors (Lipinski definition) is 3. The summed E-state index contributed by atoms with van der Waals surface area (Å²) in [5, 5.41) is 20.7. The van der Waals surface area contributed by atoms with Crippen LogP contribution in [0.15, 0.2) is 35.5 Å². The van der Waals surface area contributed by atoms with Crippen LogP contribution in [-0.2, 0) is 4.79 Å². The minimum atomic E-state index is -0.901. The highest BCUT2D eigenvalue weighted by molar-refractivity contribution is 5.75. The van der Waals surface area contributed by atoms with Crippen molar-refractivity contribution in [1.82, 2.24) is 0 Å². The zero-order chi connectivity index (χ0) is 24.9. The van der Waals surface area contributed by atoms with E-state index in [4.69, 9.17) is 0 Å². The Morgan fingerprint density at radius 3 is 2.68 bits per heavy atom. The molecule has 0 bridgehead atoms. The molecule has 0 spiro atoms. The van der Waals surface area contributed by atoms with E-state index in [0.29, 0.717) is 23.7 Å². The number of fused-ring (bicyclic) bond motifs is 1. The van der Waals surface area contributed by atoms with Crippen molar-refractivity contribution in [2.75, 3.05) is 0 Å². The zero-order valence-electron chi connectivity index (χ0n) is 22.0. The van der Waals surface area contributed by atoms with Crippen molar-refractivity contribution < 1.29 is 15.0 Å². The summed E-state index contributed by atoms with van der Waals surface area (Å²) in [6.45, 7) is 11.9. The molecule has 0 amide bonds. The standard InChI is InChI=1S/C31H46O3/c1-22(32)10-8-11-26-17-15-24(23(2)29(26)33)14-16-25-12-9-21-31(5)27(18-19-28(25)31)13-6-7-20-30(3,4)34/h14,16,26-29,33-34H,2,6,8-13,15,17-19,21H2,1,3-5H3/b24-14-,25-16+. The van der Waals surface area contributed by atoms with Crippen LogP contribution >= 0.6 is 0 Å². The molecule has 0 radical (unpaired) electrons. The third-order valence-electron chi connectivity index (χ3n) is 8.78. The molecule has 34 heavy (non-hydrogen) atoms. The van der Waals surface area contributed by atoms with Crippen molar-refractivity contribution in [3.8, 4) is 11.8 Å². The normalized spacial score (nSPS) is 34.1. The fourth-order valence-electron chi connectivity index (χ4n) is 6.79. The van der Waals surface area contributed by atoms with Crippen LogP contribution in [0.5, 0.6) is 0 Å². The summed E-state index contributed by atoms with van der Waals surface area (Å²) in [6.07, 6.45) is 16.7. The van der Waals surface area contributed by atoms with Gasteiger partial charge in [0.05, 0.1) is 6.10 Å². The van der Waals surface area contributed by atoms with Crippen molar-refractivity contribution in [3.63, 3.8) is 0 Å². The molecule has 2 N–H and O–H groups in total. The molecule has 188 valence electrons. The van der Waals surface area contributed by atoms with E-state index in [1.807, 2.05) is 0 Å². The highest BCUT2D eigenvalue weighted by Gasteiger charge is 2.48. The second-order valence-corrected chi connectivity index (χ2v) is 11.9. The smallest absolute Gasteiger partial charge is 0.129 e. The zero-order valence-corrected chi connectivity index (χ0v) is 22.0. The minimum absolute atomic E-state index is 0.227. The van der Waals surface area contributed by atoms with Crippen LogP contribution in [0.25, 0.3) is 0 Å². The van der Waals surface area contributed by atoms with E-state index in [-0.39, 0.29) is 11.7 Å². The topological polar surface area (TPSA) is 57.5 Å². The van der Waals surface area contributed by atoms with E-state index in [0.717, 1.165) is 44.1 Å². The predicted molar refractivity (Wildman–Crippen MR) is 140 cm³/mol. The Labute approximate surface area is 207 Å². The Kier molecular flexibility index (Phi) is 9.04. The second kappa shape index (κ2) is 11.4. The molecule has 3 nitrogen and oxygen atoms in total. The third-order valence-corrected chi connectivity index (χ3v) is 8.78. The Morgan fingerprint density at radius 1 is 1.21 bits per heavy atom. The van der Waals surface area contributed by atoms with Crippen LogP contribution in [0, 0.1) is 35.0 Å². The number of Topliss-reactive ketones (excluding diaryl/α,β-unsaturated/α-hetero) is 1. The van der Waals surface area contributed by atoms with Gasteiger partial charge in [-0.15, -0.1) is 5.92 Å². The fourth-order valence-corrected chi connectivity index (χ4v) is 6.79. The summed E-state index contributed by atoms with van der Waals surface area (Å²) >= 11 is 0. The van der Waals surface area contributed by atoms with Crippen LogP contribution in [0.3, 0.4) is 0 Å². The third kappa shape index (κ3) is 6.73. The van der Waals surface area contributed by atoms with E-state index in [1.54, 1.807) is 26.3 Å². The molecule has 0 aromatic heterocycles. The van der Waals surface area contributed by atoms with Crippen molar-refractivity contribution in [1.29, 1.82) is 0 Å². The Bertz CT molecular complexity index is 875. The SMILES string of the molecule is C=C1/C(=C\C=C2/CCCC3(C)C(CCC#CC(C)(C)O)CCC23)CCC(CCCC(C)=O)C1O. The van der Waals surface area contributed by atoms with Crippen molar-refractivity contribution >= 4 is 5.78 Å². The van der Waals surface area contributed by atoms with Crippen molar-refractivity contribution in [2.24, 2.45) is 23.2 Å². The number of allylic oxidation sites excluding steroid dienone is 3. The molecule has 3 fully saturated rings. The van der Waals surface area contributed by atoms with Crippen molar-refractivity contribution in [3.05, 3.63) is 35.5 Å². The molecule has 3 rings (SSSR count). The van der Waals surface area contributed by atoms with Crippen molar-refractivity contribution in [2.45, 2.75) is 116 Å². The van der Waals surface area contributed by atoms with Crippen LogP contribution in [0.1, 0.15) is 105 Å². The minimum Gasteiger partial charge on any atom is -0.388 e. The highest BCUT2D eigenvalue weighted by Crippen LogP contribution is 2.58. The number of aliphatic hydroxyl groups is 2. The van der Waals surface area contributed by atoms with E-state index in [9.17, 15) is 15.0 Å². The number of ketones is 1. The first-order chi connectivity index (χ1) is 16.0. The van der Waals surface area contributed by atoms with Crippen LogP contribution in [0.4, 0.5) is 0 Å². The lowest BCUT2D eigenvalue weighted by molar-refractivity contribution is -0.117. The van der Waals surface area contributed by atoms with Gasteiger partial charge in [-0.05, 0) is 119 Å². The van der Waals surface area contributed by atoms with Gasteiger partial charge in [0.2, 0.25) is 0 Å². The lowest BCUT2D eigenvalue weighted by Gasteiger charge is -2.42. The predicted octanol–water partition coefficient (Wildman–Crippen LogP) is 6.70. The molecule has 0 aliphatic heterocycles. The average Bonchev–Trinajstić information content (AvgIpc) is 3.09. The van der Waals surface area contributed by atoms with E-state index in [2.05, 4.69) is 37.5 Å². The Hall–Kier alpha value is -1.63. The van der Waals surface area contributed by atoms with Gasteiger partial charge in [0.1, 0.15) is 11.4 Å². The van der Waals surface area contributed by atoms with Gasteiger partial charge in [-0.1, -0.05) is 37.1 Å². The van der Waals surface area contributed by atoms with Gasteiger partial charge in [-0.25, -0.2) is 0 Å². The van der Waals surface area contributed by atoms with E-state index >= 15 is 0 Å². The lowest BCUT2D eigenvalue weighted by atomic mass is 9.62. The lowest BCUT2D eigenvalue weighted by Crippen LogP contribution is -2.33. The molecule has 3 aliphatic carbocycles. The molecule has 3 saturated carbocycles. The maximum Gasteiger partial charge on any atom is 0.129 e. The molecular weight excluding hydrogens is 420 g/mol. The summed E-state index contributed by atoms with van der Waals surface area (Å²) in [4.78, 5) is 11.2. The molecule has 5 atom stereocenters. The molecule has 3 heteroatoms. The molecule has 0 aromatic rings. The van der Waals surface area contributed by atoms with E-state index in [1.165, 1.54) is 37.7 Å². The fraction of sp³-hybridized carbons (Fsp3) is 0.710. The maximum absolute atomic E-state index is 11.2. The summed E-state index contributed by atoms with van der Waals surface area (Å²) in [6, 6.07) is 0.